The van der Waals surface area contributed by atoms with E-state index >= 15 is 0 Å². The fourth-order valence-corrected chi connectivity index (χ4v) is 2.36. The van der Waals surface area contributed by atoms with Gasteiger partial charge in [0.1, 0.15) is 0 Å². The topological polar surface area (TPSA) is 54.0 Å². The molecule has 0 aliphatic heterocycles. The number of halogens is 1. The van der Waals surface area contributed by atoms with Gasteiger partial charge < -0.3 is 18.9 Å². The molecule has 1 aromatic rings. The highest BCUT2D eigenvalue weighted by Gasteiger charge is 2.18. The summed E-state index contributed by atoms with van der Waals surface area (Å²) < 4.78 is 21.6. The molecular formula is C16H21IO5. The maximum atomic E-state index is 11.8. The van der Waals surface area contributed by atoms with E-state index in [0.29, 0.717) is 18.1 Å². The number of methoxy groups -OCH3 is 1. The van der Waals surface area contributed by atoms with Crippen molar-refractivity contribution in [3.8, 4) is 11.5 Å². The molecule has 1 rings (SSSR count). The highest BCUT2D eigenvalue weighted by Crippen LogP contribution is 2.34. The van der Waals surface area contributed by atoms with Crippen LogP contribution >= 0.6 is 22.6 Å². The molecule has 0 saturated carbocycles. The van der Waals surface area contributed by atoms with Gasteiger partial charge in [0, 0.05) is 0 Å². The normalized spacial score (nSPS) is 11.6. The molecular weight excluding hydrogens is 399 g/mol. The van der Waals surface area contributed by atoms with Crippen molar-refractivity contribution < 1.29 is 23.7 Å². The molecule has 0 bridgehead atoms. The number of rotatable bonds is 8. The van der Waals surface area contributed by atoms with Crippen molar-refractivity contribution in [3.63, 3.8) is 0 Å². The minimum atomic E-state index is -0.827. The Labute approximate surface area is 144 Å². The maximum absolute atomic E-state index is 11.8. The summed E-state index contributed by atoms with van der Waals surface area (Å²) in [6, 6.07) is 3.57. The number of unbranched alkanes of at least 4 members (excludes halogenated alkanes) is 1. The number of carbonyl (C=O) groups is 1. The minimum Gasteiger partial charge on any atom is -0.493 e. The average molecular weight is 420 g/mol. The second-order valence-electron chi connectivity index (χ2n) is 4.50. The van der Waals surface area contributed by atoms with E-state index in [1.54, 1.807) is 19.1 Å². The van der Waals surface area contributed by atoms with E-state index in [1.165, 1.54) is 7.11 Å². The highest BCUT2D eigenvalue weighted by atomic mass is 127. The molecule has 6 heteroatoms. The van der Waals surface area contributed by atoms with Crippen LogP contribution in [0.25, 0.3) is 6.08 Å². The Bertz CT molecular complexity index is 516. The first-order chi connectivity index (χ1) is 10.5. The van der Waals surface area contributed by atoms with Gasteiger partial charge >= 0.3 is 6.16 Å². The SMILES string of the molecule is C=Cc1cc(I)c(OC(=O)OC(C)OCCCC)c(OC)c1. The third-order valence-corrected chi connectivity index (χ3v) is 3.59. The molecule has 0 saturated heterocycles. The Morgan fingerprint density at radius 3 is 2.77 bits per heavy atom. The van der Waals surface area contributed by atoms with E-state index in [0.717, 1.165) is 22.0 Å². The first-order valence-corrected chi connectivity index (χ1v) is 8.09. The van der Waals surface area contributed by atoms with Crippen molar-refractivity contribution in [1.82, 2.24) is 0 Å². The number of hydrogen-bond acceptors (Lipinski definition) is 5. The summed E-state index contributed by atoms with van der Waals surface area (Å²) in [7, 11) is 1.51. The summed E-state index contributed by atoms with van der Waals surface area (Å²) in [6.45, 7) is 7.96. The second-order valence-corrected chi connectivity index (χ2v) is 5.66. The zero-order valence-corrected chi connectivity index (χ0v) is 15.2. The fourth-order valence-electron chi connectivity index (χ4n) is 1.63. The van der Waals surface area contributed by atoms with Crippen LogP contribution in [0.15, 0.2) is 18.7 Å². The molecule has 1 unspecified atom stereocenters. The molecule has 22 heavy (non-hydrogen) atoms. The standard InChI is InChI=1S/C16H21IO5/c1-5-7-8-20-11(3)21-16(18)22-15-13(17)9-12(6-2)10-14(15)19-4/h6,9-11H,2,5,7-8H2,1,3-4H3. The van der Waals surface area contributed by atoms with Crippen molar-refractivity contribution in [2.75, 3.05) is 13.7 Å². The zero-order chi connectivity index (χ0) is 16.5. The number of carbonyl (C=O) groups excluding carboxylic acids is 1. The minimum absolute atomic E-state index is 0.319. The summed E-state index contributed by atoms with van der Waals surface area (Å²) >= 11 is 2.06. The number of benzene rings is 1. The smallest absolute Gasteiger partial charge is 0.493 e. The Hall–Kier alpha value is -1.28. The van der Waals surface area contributed by atoms with Crippen molar-refractivity contribution >= 4 is 34.8 Å². The first-order valence-electron chi connectivity index (χ1n) is 7.01. The molecule has 0 heterocycles. The quantitative estimate of drug-likeness (QED) is 0.202. The molecule has 1 aromatic carbocycles. The fraction of sp³-hybridized carbons (Fsp3) is 0.438. The molecule has 0 fully saturated rings. The average Bonchev–Trinajstić information content (AvgIpc) is 2.49. The molecule has 122 valence electrons. The lowest BCUT2D eigenvalue weighted by Gasteiger charge is -2.15. The predicted octanol–water partition coefficient (Wildman–Crippen LogP) is 4.62. The Kier molecular flexibility index (Phi) is 8.26. The largest absolute Gasteiger partial charge is 0.516 e. The Morgan fingerprint density at radius 2 is 2.18 bits per heavy atom. The zero-order valence-electron chi connectivity index (χ0n) is 13.1. The molecule has 5 nitrogen and oxygen atoms in total. The molecule has 0 aromatic heterocycles. The third kappa shape index (κ3) is 5.84. The van der Waals surface area contributed by atoms with Crippen LogP contribution in [-0.4, -0.2) is 26.2 Å². The lowest BCUT2D eigenvalue weighted by atomic mass is 10.2. The monoisotopic (exact) mass is 420 g/mol. The van der Waals surface area contributed by atoms with Gasteiger partial charge in [-0.1, -0.05) is 26.0 Å². The van der Waals surface area contributed by atoms with Gasteiger partial charge in [-0.2, -0.15) is 0 Å². The van der Waals surface area contributed by atoms with E-state index in [4.69, 9.17) is 18.9 Å². The van der Waals surface area contributed by atoms with Gasteiger partial charge in [0.05, 0.1) is 17.3 Å². The lowest BCUT2D eigenvalue weighted by Crippen LogP contribution is -2.21. The lowest BCUT2D eigenvalue weighted by molar-refractivity contribution is -0.103. The second kappa shape index (κ2) is 9.68. The van der Waals surface area contributed by atoms with Crippen molar-refractivity contribution in [3.05, 3.63) is 27.8 Å². The van der Waals surface area contributed by atoms with E-state index in [1.807, 2.05) is 6.07 Å². The summed E-state index contributed by atoms with van der Waals surface area (Å²) in [5.41, 5.74) is 0.873. The molecule has 0 aliphatic rings. The van der Waals surface area contributed by atoms with E-state index in [-0.39, 0.29) is 0 Å². The predicted molar refractivity (Wildman–Crippen MR) is 93.2 cm³/mol. The third-order valence-electron chi connectivity index (χ3n) is 2.79. The first kappa shape index (κ1) is 18.8. The van der Waals surface area contributed by atoms with E-state index in [2.05, 4.69) is 36.1 Å². The Balaban J connectivity index is 2.69. The van der Waals surface area contributed by atoms with Crippen LogP contribution in [0.4, 0.5) is 4.79 Å². The van der Waals surface area contributed by atoms with Gasteiger partial charge in [0.15, 0.2) is 11.5 Å². The molecule has 0 N–H and O–H groups in total. The van der Waals surface area contributed by atoms with Gasteiger partial charge in [-0.25, -0.2) is 4.79 Å². The van der Waals surface area contributed by atoms with Gasteiger partial charge in [-0.05, 0) is 53.6 Å². The molecule has 0 amide bonds. The van der Waals surface area contributed by atoms with E-state index < -0.39 is 12.4 Å². The molecule has 0 spiro atoms. The number of hydrogen-bond donors (Lipinski definition) is 0. The summed E-state index contributed by atoms with van der Waals surface area (Å²) in [6.07, 6.45) is 2.14. The Morgan fingerprint density at radius 1 is 1.45 bits per heavy atom. The molecule has 0 radical (unpaired) electrons. The van der Waals surface area contributed by atoms with Crippen LogP contribution in [0.2, 0.25) is 0 Å². The van der Waals surface area contributed by atoms with Gasteiger partial charge in [-0.3, -0.25) is 0 Å². The summed E-state index contributed by atoms with van der Waals surface area (Å²) in [4.78, 5) is 11.8. The maximum Gasteiger partial charge on any atom is 0.516 e. The molecule has 1 atom stereocenters. The van der Waals surface area contributed by atoms with Crippen LogP contribution in [0, 0.1) is 3.57 Å². The molecule has 0 aliphatic carbocycles. The van der Waals surface area contributed by atoms with Gasteiger partial charge in [0.25, 0.3) is 0 Å². The van der Waals surface area contributed by atoms with Gasteiger partial charge in [-0.15, -0.1) is 0 Å². The van der Waals surface area contributed by atoms with Crippen LogP contribution in [-0.2, 0) is 9.47 Å². The number of ether oxygens (including phenoxy) is 4. The van der Waals surface area contributed by atoms with Crippen molar-refractivity contribution in [1.29, 1.82) is 0 Å². The highest BCUT2D eigenvalue weighted by molar-refractivity contribution is 14.1. The van der Waals surface area contributed by atoms with Crippen LogP contribution in [0.3, 0.4) is 0 Å². The summed E-state index contributed by atoms with van der Waals surface area (Å²) in [5, 5.41) is 0. The van der Waals surface area contributed by atoms with Gasteiger partial charge in [0.2, 0.25) is 6.29 Å². The van der Waals surface area contributed by atoms with Crippen LogP contribution in [0.5, 0.6) is 11.5 Å². The summed E-state index contributed by atoms with van der Waals surface area (Å²) in [5.74, 6) is 0.762. The van der Waals surface area contributed by atoms with Crippen LogP contribution < -0.4 is 9.47 Å². The van der Waals surface area contributed by atoms with Crippen molar-refractivity contribution in [2.45, 2.75) is 33.0 Å². The van der Waals surface area contributed by atoms with Crippen molar-refractivity contribution in [2.24, 2.45) is 0 Å². The van der Waals surface area contributed by atoms with E-state index in [9.17, 15) is 4.79 Å². The van der Waals surface area contributed by atoms with Crippen LogP contribution in [0.1, 0.15) is 32.3 Å².